The van der Waals surface area contributed by atoms with Crippen LogP contribution in [0.3, 0.4) is 0 Å². The third-order valence-corrected chi connectivity index (χ3v) is 3.32. The molecule has 2 nitrogen and oxygen atoms in total. The maximum Gasteiger partial charge on any atom is 0.0741 e. The molecule has 1 unspecified atom stereocenters. The molecule has 0 heterocycles. The van der Waals surface area contributed by atoms with Crippen molar-refractivity contribution >= 4 is 23.2 Å². The Morgan fingerprint density at radius 2 is 2.00 bits per heavy atom. The third-order valence-electron chi connectivity index (χ3n) is 2.58. The highest BCUT2D eigenvalue weighted by Gasteiger charge is 2.16. The minimum absolute atomic E-state index is 0.559. The number of nitrogens with one attached hydrogen (secondary N) is 1. The molecule has 1 rings (SSSR count). The van der Waals surface area contributed by atoms with Gasteiger partial charge in [0.05, 0.1) is 15.6 Å². The molecule has 1 aromatic carbocycles. The molecule has 0 aromatic heterocycles. The van der Waals surface area contributed by atoms with E-state index in [0.717, 1.165) is 12.0 Å². The van der Waals surface area contributed by atoms with Gasteiger partial charge in [-0.2, -0.15) is 0 Å². The molecule has 0 fully saturated rings. The first-order valence-corrected chi connectivity index (χ1v) is 6.07. The van der Waals surface area contributed by atoms with Crippen LogP contribution < -0.4 is 5.32 Å². The highest BCUT2D eigenvalue weighted by Crippen LogP contribution is 2.22. The summed E-state index contributed by atoms with van der Waals surface area (Å²) < 4.78 is 0. The summed E-state index contributed by atoms with van der Waals surface area (Å²) in [5.41, 5.74) is 0.400. The molecule has 0 saturated carbocycles. The molecule has 2 N–H and O–H groups in total. The largest absolute Gasteiger partial charge is 0.389 e. The second-order valence-corrected chi connectivity index (χ2v) is 5.02. The van der Waals surface area contributed by atoms with E-state index in [1.807, 2.05) is 26.0 Å². The molecule has 0 saturated heterocycles. The lowest BCUT2D eigenvalue weighted by atomic mass is 10.0. The molecule has 0 radical (unpaired) electrons. The minimum atomic E-state index is -0.657. The molecular weight excluding hydrogens is 245 g/mol. The molecule has 0 aliphatic rings. The molecule has 0 amide bonds. The monoisotopic (exact) mass is 261 g/mol. The summed E-state index contributed by atoms with van der Waals surface area (Å²) in [7, 11) is 0. The van der Waals surface area contributed by atoms with E-state index in [1.165, 1.54) is 0 Å². The Balaban J connectivity index is 2.46. The molecule has 4 heteroatoms. The fourth-order valence-electron chi connectivity index (χ4n) is 1.25. The predicted octanol–water partition coefficient (Wildman–Crippen LogP) is 3.24. The molecule has 16 heavy (non-hydrogen) atoms. The molecule has 1 aromatic rings. The van der Waals surface area contributed by atoms with Crippen molar-refractivity contribution in [3.05, 3.63) is 33.8 Å². The van der Waals surface area contributed by atoms with E-state index in [9.17, 15) is 5.11 Å². The molecule has 0 spiro atoms. The summed E-state index contributed by atoms with van der Waals surface area (Å²) in [5, 5.41) is 14.1. The van der Waals surface area contributed by atoms with Gasteiger partial charge in [0.2, 0.25) is 0 Å². The molecule has 1 atom stereocenters. The molecule has 0 bridgehead atoms. The smallest absolute Gasteiger partial charge is 0.0741 e. The zero-order chi connectivity index (χ0) is 12.2. The summed E-state index contributed by atoms with van der Waals surface area (Å²) in [6, 6.07) is 5.53. The van der Waals surface area contributed by atoms with Crippen molar-refractivity contribution < 1.29 is 5.11 Å². The molecular formula is C12H17Cl2NO. The van der Waals surface area contributed by atoms with Gasteiger partial charge in [0.25, 0.3) is 0 Å². The van der Waals surface area contributed by atoms with Crippen molar-refractivity contribution in [3.63, 3.8) is 0 Å². The van der Waals surface area contributed by atoms with Crippen molar-refractivity contribution in [2.75, 3.05) is 6.54 Å². The minimum Gasteiger partial charge on any atom is -0.389 e. The first-order chi connectivity index (χ1) is 7.44. The van der Waals surface area contributed by atoms with Gasteiger partial charge in [0.1, 0.15) is 0 Å². The van der Waals surface area contributed by atoms with E-state index in [1.54, 1.807) is 6.07 Å². The summed E-state index contributed by atoms with van der Waals surface area (Å²) >= 11 is 11.7. The van der Waals surface area contributed by atoms with Crippen LogP contribution in [0.5, 0.6) is 0 Å². The number of benzene rings is 1. The van der Waals surface area contributed by atoms with Crippen LogP contribution in [0.4, 0.5) is 0 Å². The van der Waals surface area contributed by atoms with Gasteiger partial charge >= 0.3 is 0 Å². The lowest BCUT2D eigenvalue weighted by Gasteiger charge is -2.21. The number of aliphatic hydroxyl groups is 1. The quantitative estimate of drug-likeness (QED) is 0.853. The zero-order valence-corrected chi connectivity index (χ0v) is 11.1. The number of hydrogen-bond donors (Lipinski definition) is 2. The summed E-state index contributed by atoms with van der Waals surface area (Å²) in [6.07, 6.45) is 0.724. The number of rotatable bonds is 5. The number of halogens is 2. The van der Waals surface area contributed by atoms with E-state index in [-0.39, 0.29) is 0 Å². The van der Waals surface area contributed by atoms with Crippen LogP contribution in [0.15, 0.2) is 18.2 Å². The van der Waals surface area contributed by atoms with Crippen molar-refractivity contribution in [1.82, 2.24) is 5.32 Å². The molecule has 0 aliphatic carbocycles. The van der Waals surface area contributed by atoms with Crippen LogP contribution in [0.2, 0.25) is 10.0 Å². The fraction of sp³-hybridized carbons (Fsp3) is 0.500. The van der Waals surface area contributed by atoms with Crippen LogP contribution in [-0.4, -0.2) is 17.3 Å². The molecule has 0 aliphatic heterocycles. The average molecular weight is 262 g/mol. The first-order valence-electron chi connectivity index (χ1n) is 5.31. The summed E-state index contributed by atoms with van der Waals surface area (Å²) in [4.78, 5) is 0. The standard InChI is InChI=1S/C12H17Cl2NO/c1-3-12(2,16)8-15-7-9-4-5-10(13)11(14)6-9/h4-6,15-16H,3,7-8H2,1-2H3. The van der Waals surface area contributed by atoms with Gasteiger partial charge < -0.3 is 10.4 Å². The van der Waals surface area contributed by atoms with Gasteiger partial charge in [-0.15, -0.1) is 0 Å². The Bertz CT molecular complexity index is 353. The van der Waals surface area contributed by atoms with E-state index < -0.39 is 5.60 Å². The van der Waals surface area contributed by atoms with Crippen LogP contribution in [0, 0.1) is 0 Å². The Morgan fingerprint density at radius 3 is 2.56 bits per heavy atom. The Hall–Kier alpha value is -0.280. The van der Waals surface area contributed by atoms with Crippen molar-refractivity contribution in [3.8, 4) is 0 Å². The maximum absolute atomic E-state index is 9.79. The van der Waals surface area contributed by atoms with Crippen molar-refractivity contribution in [2.45, 2.75) is 32.4 Å². The Kier molecular flexibility index (Phi) is 5.06. The van der Waals surface area contributed by atoms with Gasteiger partial charge in [-0.3, -0.25) is 0 Å². The van der Waals surface area contributed by atoms with Crippen LogP contribution in [-0.2, 0) is 6.54 Å². The Labute approximate surface area is 107 Å². The van der Waals surface area contributed by atoms with Crippen molar-refractivity contribution in [2.24, 2.45) is 0 Å². The van der Waals surface area contributed by atoms with E-state index in [0.29, 0.717) is 23.1 Å². The van der Waals surface area contributed by atoms with Gasteiger partial charge in [-0.1, -0.05) is 36.2 Å². The highest BCUT2D eigenvalue weighted by molar-refractivity contribution is 6.42. The predicted molar refractivity (Wildman–Crippen MR) is 69.1 cm³/mol. The first kappa shape index (κ1) is 13.8. The lowest BCUT2D eigenvalue weighted by Crippen LogP contribution is -2.36. The van der Waals surface area contributed by atoms with Crippen LogP contribution >= 0.6 is 23.2 Å². The normalized spacial score (nSPS) is 14.8. The second kappa shape index (κ2) is 5.87. The SMILES string of the molecule is CCC(C)(O)CNCc1ccc(Cl)c(Cl)c1. The van der Waals surface area contributed by atoms with E-state index >= 15 is 0 Å². The van der Waals surface area contributed by atoms with Gasteiger partial charge in [0, 0.05) is 13.1 Å². The topological polar surface area (TPSA) is 32.3 Å². The van der Waals surface area contributed by atoms with Crippen LogP contribution in [0.1, 0.15) is 25.8 Å². The summed E-state index contributed by atoms with van der Waals surface area (Å²) in [6.45, 7) is 5.01. The van der Waals surface area contributed by atoms with E-state index in [4.69, 9.17) is 23.2 Å². The van der Waals surface area contributed by atoms with Crippen LogP contribution in [0.25, 0.3) is 0 Å². The fourth-order valence-corrected chi connectivity index (χ4v) is 1.57. The maximum atomic E-state index is 9.79. The van der Waals surface area contributed by atoms with Gasteiger partial charge in [-0.25, -0.2) is 0 Å². The van der Waals surface area contributed by atoms with Crippen molar-refractivity contribution in [1.29, 1.82) is 0 Å². The third kappa shape index (κ3) is 4.30. The average Bonchev–Trinajstić information content (AvgIpc) is 2.23. The highest BCUT2D eigenvalue weighted by atomic mass is 35.5. The van der Waals surface area contributed by atoms with Gasteiger partial charge in [-0.05, 0) is 31.0 Å². The van der Waals surface area contributed by atoms with E-state index in [2.05, 4.69) is 5.32 Å². The second-order valence-electron chi connectivity index (χ2n) is 4.20. The Morgan fingerprint density at radius 1 is 1.31 bits per heavy atom. The molecule has 90 valence electrons. The summed E-state index contributed by atoms with van der Waals surface area (Å²) in [5.74, 6) is 0. The zero-order valence-electron chi connectivity index (χ0n) is 9.56. The van der Waals surface area contributed by atoms with Gasteiger partial charge in [0.15, 0.2) is 0 Å². The lowest BCUT2D eigenvalue weighted by molar-refractivity contribution is 0.0555. The number of hydrogen-bond acceptors (Lipinski definition) is 2.